The number of benzene rings is 3. The molecule has 0 spiro atoms. The lowest BCUT2D eigenvalue weighted by molar-refractivity contribution is -0.137. The molecule has 0 bridgehead atoms. The number of carboxylic acids is 1. The van der Waals surface area contributed by atoms with Crippen LogP contribution in [0.4, 0.5) is 8.78 Å². The summed E-state index contributed by atoms with van der Waals surface area (Å²) in [4.78, 5) is 76.6. The molecule has 8 rings (SSSR count). The van der Waals surface area contributed by atoms with Gasteiger partial charge in [-0.25, -0.2) is 8.78 Å². The second kappa shape index (κ2) is 22.4. The average molecular weight is 1020 g/mol. The number of phenols is 1. The number of aryl methyl sites for hydroxylation is 1. The highest BCUT2D eigenvalue weighted by molar-refractivity contribution is 6.04. The fraction of sp³-hybridized carbons (Fsp3) is 0.559. The summed E-state index contributed by atoms with van der Waals surface area (Å²) in [6.45, 7) is 14.0. The predicted molar refractivity (Wildman–Crippen MR) is 279 cm³/mol. The fourth-order valence-electron chi connectivity index (χ4n) is 14.0. The number of halogens is 2. The van der Waals surface area contributed by atoms with Crippen LogP contribution in [-0.2, 0) is 19.2 Å². The van der Waals surface area contributed by atoms with Gasteiger partial charge >= 0.3 is 5.97 Å². The summed E-state index contributed by atoms with van der Waals surface area (Å²) in [6, 6.07) is 7.20. The third-order valence-corrected chi connectivity index (χ3v) is 17.9. The van der Waals surface area contributed by atoms with E-state index in [1.165, 1.54) is 68.7 Å². The topological polar surface area (TPSA) is 204 Å². The zero-order valence-electron chi connectivity index (χ0n) is 43.8. The molecule has 3 fully saturated rings. The first-order valence-corrected chi connectivity index (χ1v) is 26.9. The lowest BCUT2D eigenvalue weighted by Crippen LogP contribution is -2.52. The van der Waals surface area contributed by atoms with Gasteiger partial charge in [-0.3, -0.25) is 28.8 Å². The van der Waals surface area contributed by atoms with Crippen LogP contribution in [0.2, 0.25) is 0 Å². The van der Waals surface area contributed by atoms with Gasteiger partial charge in [-0.05, 0) is 146 Å². The van der Waals surface area contributed by atoms with Crippen LogP contribution in [0.5, 0.6) is 5.75 Å². The van der Waals surface area contributed by atoms with Crippen molar-refractivity contribution in [2.75, 3.05) is 13.1 Å². The second-order valence-corrected chi connectivity index (χ2v) is 23.0. The van der Waals surface area contributed by atoms with Crippen LogP contribution in [-0.4, -0.2) is 65.0 Å². The number of amides is 4. The number of phenolic OH excluding ortho intramolecular Hbond substituents is 1. The van der Waals surface area contributed by atoms with Crippen molar-refractivity contribution < 1.29 is 47.4 Å². The van der Waals surface area contributed by atoms with Crippen LogP contribution in [0.3, 0.4) is 0 Å². The first-order valence-electron chi connectivity index (χ1n) is 26.9. The van der Waals surface area contributed by atoms with Crippen LogP contribution in [0.25, 0.3) is 33.4 Å². The van der Waals surface area contributed by atoms with Gasteiger partial charge in [0.15, 0.2) is 17.4 Å². The van der Waals surface area contributed by atoms with Crippen LogP contribution in [0.1, 0.15) is 147 Å². The van der Waals surface area contributed by atoms with Gasteiger partial charge in [0.2, 0.25) is 23.2 Å². The largest absolute Gasteiger partial charge is 0.505 e. The zero-order valence-corrected chi connectivity index (χ0v) is 43.8. The van der Waals surface area contributed by atoms with Crippen molar-refractivity contribution in [3.63, 3.8) is 0 Å². The molecule has 398 valence electrons. The molecule has 0 saturated heterocycles. The molecule has 74 heavy (non-hydrogen) atoms. The van der Waals surface area contributed by atoms with Crippen LogP contribution in [0, 0.1) is 64.9 Å². The van der Waals surface area contributed by atoms with Gasteiger partial charge in [0, 0.05) is 72.6 Å². The number of aromatic hydroxyl groups is 1. The second-order valence-electron chi connectivity index (χ2n) is 23.0. The normalized spacial score (nSPS) is 25.0. The minimum absolute atomic E-state index is 0.0169. The molecule has 0 aromatic heterocycles. The minimum Gasteiger partial charge on any atom is -0.505 e. The number of allylic oxidation sites excluding steroid dienone is 1. The first kappa shape index (κ1) is 54.2. The first-order chi connectivity index (χ1) is 35.2. The molecule has 9 atom stereocenters. The summed E-state index contributed by atoms with van der Waals surface area (Å²) in [5.74, 6) is -1.26. The monoisotopic (exact) mass is 1020 g/mol. The summed E-state index contributed by atoms with van der Waals surface area (Å²) in [5.41, 5.74) is 2.58. The van der Waals surface area contributed by atoms with Crippen molar-refractivity contribution in [1.29, 1.82) is 0 Å². The number of carbonyl (C=O) groups excluding carboxylic acids is 4. The summed E-state index contributed by atoms with van der Waals surface area (Å²) in [5, 5.41) is 30.8. The standard InChI is InChI=1S/C59H74F2N4O9/c1-32(2)8-7-9-33(3)42-14-15-43-39-13-11-36-27-37(18-22-58(36,5)44(39)19-23-59(42,43)6)64-53(69)21-24-62-52(68)20-25-63-57(73)47(16-17-54(70)71)65-56(72)35-10-12-38(34(4)26-35)55-40-28-45(60)48(66)30-50(40)74-51-31-49(67)46(61)29-41(51)55/h10-12,26,28-33,37,39,42-44,47,66H,7-9,13-25,27H2,1-6H3,(H,62,68)(H,63,73)(H,64,69)(H,65,72)(H,70,71)/t33-,37+,39?,42-,43?,44?,47+,58+,59-/m1/s1. The maximum atomic E-state index is 14.7. The Morgan fingerprint density at radius 1 is 0.824 bits per heavy atom. The molecule has 5 aliphatic carbocycles. The number of rotatable bonds is 19. The van der Waals surface area contributed by atoms with Crippen LogP contribution < -0.4 is 26.7 Å². The highest BCUT2D eigenvalue weighted by Crippen LogP contribution is 2.67. The van der Waals surface area contributed by atoms with E-state index in [2.05, 4.69) is 62.0 Å². The SMILES string of the molecule is Cc1cc(C(=O)N[C@@H](CCC(=O)O)C(=O)NCCC(=O)NCCC(=O)N[C@H]2CC[C@@]3(C)C(=CCC4C3CC[C@@]3(C)C4CC[C@@H]3[C@H](C)CCCC(C)C)C2)ccc1-c1c2cc(F)c(=O)cc-2oc2cc(O)c(F)cc12. The summed E-state index contributed by atoms with van der Waals surface area (Å²) in [6.07, 6.45) is 15.2. The van der Waals surface area contributed by atoms with Crippen LogP contribution in [0.15, 0.2) is 63.3 Å². The Balaban J connectivity index is 0.801. The van der Waals surface area contributed by atoms with E-state index in [1.54, 1.807) is 6.92 Å². The van der Waals surface area contributed by atoms with Gasteiger partial charge < -0.3 is 35.9 Å². The molecule has 3 saturated carbocycles. The van der Waals surface area contributed by atoms with E-state index in [4.69, 9.17) is 4.42 Å². The minimum atomic E-state index is -1.28. The van der Waals surface area contributed by atoms with E-state index < -0.39 is 59.0 Å². The number of carboxylic acid groups (broad SMARTS) is 1. The lowest BCUT2D eigenvalue weighted by Gasteiger charge is -2.58. The highest BCUT2D eigenvalue weighted by atomic mass is 19.1. The van der Waals surface area contributed by atoms with Crippen molar-refractivity contribution in [1.82, 2.24) is 21.3 Å². The van der Waals surface area contributed by atoms with Crippen molar-refractivity contribution in [3.8, 4) is 28.2 Å². The maximum absolute atomic E-state index is 14.7. The summed E-state index contributed by atoms with van der Waals surface area (Å²) in [7, 11) is 0. The number of hydrogen-bond donors (Lipinski definition) is 6. The average Bonchev–Trinajstić information content (AvgIpc) is 3.71. The zero-order chi connectivity index (χ0) is 53.2. The molecular weight excluding hydrogens is 947 g/mol. The number of aliphatic carboxylic acids is 1. The van der Waals surface area contributed by atoms with Gasteiger partial charge in [0.1, 0.15) is 17.4 Å². The Kier molecular flexibility index (Phi) is 16.4. The van der Waals surface area contributed by atoms with Gasteiger partial charge in [-0.1, -0.05) is 71.6 Å². The summed E-state index contributed by atoms with van der Waals surface area (Å²) >= 11 is 0. The number of nitrogens with one attached hydrogen (secondary N) is 4. The molecule has 3 unspecified atom stereocenters. The Morgan fingerprint density at radius 2 is 1.58 bits per heavy atom. The molecule has 1 aliphatic heterocycles. The van der Waals surface area contributed by atoms with Crippen LogP contribution >= 0.6 is 0 Å². The fourth-order valence-corrected chi connectivity index (χ4v) is 14.0. The summed E-state index contributed by atoms with van der Waals surface area (Å²) < 4.78 is 35.1. The maximum Gasteiger partial charge on any atom is 0.303 e. The molecule has 2 aromatic rings. The molecule has 2 aromatic carbocycles. The molecule has 15 heteroatoms. The smallest absolute Gasteiger partial charge is 0.303 e. The van der Waals surface area contributed by atoms with E-state index in [0.717, 1.165) is 79.5 Å². The van der Waals surface area contributed by atoms with E-state index in [-0.39, 0.29) is 83.1 Å². The van der Waals surface area contributed by atoms with Gasteiger partial charge in [0.05, 0.1) is 0 Å². The van der Waals surface area contributed by atoms with Gasteiger partial charge in [0.25, 0.3) is 5.91 Å². The molecule has 13 nitrogen and oxygen atoms in total. The molecule has 4 amide bonds. The van der Waals surface area contributed by atoms with E-state index in [1.807, 2.05) is 0 Å². The highest BCUT2D eigenvalue weighted by Gasteiger charge is 2.59. The van der Waals surface area contributed by atoms with Gasteiger partial charge in [-0.15, -0.1) is 0 Å². The Labute approximate surface area is 432 Å². The van der Waals surface area contributed by atoms with Crippen molar-refractivity contribution >= 4 is 40.6 Å². The molecule has 1 heterocycles. The van der Waals surface area contributed by atoms with Crippen molar-refractivity contribution in [3.05, 3.63) is 87.1 Å². The third-order valence-electron chi connectivity index (χ3n) is 17.9. The quantitative estimate of drug-likeness (QED) is 0.0390. The third kappa shape index (κ3) is 11.4. The predicted octanol–water partition coefficient (Wildman–Crippen LogP) is 10.4. The number of carbonyl (C=O) groups is 5. The number of fused-ring (bicyclic) bond motifs is 7. The molecule has 0 radical (unpaired) electrons. The van der Waals surface area contributed by atoms with E-state index in [9.17, 15) is 47.8 Å². The Bertz CT molecular complexity index is 2860. The Morgan fingerprint density at radius 3 is 2.32 bits per heavy atom. The number of hydrogen-bond acceptors (Lipinski definition) is 8. The van der Waals surface area contributed by atoms with Crippen molar-refractivity contribution in [2.24, 2.45) is 46.3 Å². The van der Waals surface area contributed by atoms with Crippen molar-refractivity contribution in [2.45, 2.75) is 150 Å². The lowest BCUT2D eigenvalue weighted by atomic mass is 9.47. The van der Waals surface area contributed by atoms with E-state index >= 15 is 0 Å². The van der Waals surface area contributed by atoms with E-state index in [0.29, 0.717) is 22.5 Å². The molecule has 6 N–H and O–H groups in total. The molecular formula is C59H74F2N4O9. The molecule has 6 aliphatic rings. The Hall–Kier alpha value is -6.12. The van der Waals surface area contributed by atoms with Gasteiger partial charge in [-0.2, -0.15) is 0 Å².